The van der Waals surface area contributed by atoms with E-state index < -0.39 is 5.97 Å². The molecule has 6 heteroatoms. The van der Waals surface area contributed by atoms with Gasteiger partial charge in [-0.05, 0) is 18.2 Å². The third kappa shape index (κ3) is 2.60. The number of hydrogen-bond acceptors (Lipinski definition) is 4. The molecule has 2 rings (SSSR count). The molecular formula is C10H9N3O2S. The van der Waals surface area contributed by atoms with Crippen LogP contribution in [-0.2, 0) is 5.88 Å². The third-order valence-corrected chi connectivity index (χ3v) is 2.85. The van der Waals surface area contributed by atoms with E-state index in [1.165, 1.54) is 18.0 Å². The third-order valence-electron chi connectivity index (χ3n) is 1.87. The van der Waals surface area contributed by atoms with Crippen LogP contribution >= 0.6 is 11.8 Å². The van der Waals surface area contributed by atoms with E-state index >= 15 is 0 Å². The standard InChI is InChI=1S/C10H9N3O2S/c14-10(15)9-6-8(2-4-11-9)16-7-13-5-1-3-12-13/h1-6H,7H2,(H,14,15). The number of aromatic carboxylic acids is 1. The first-order valence-corrected chi connectivity index (χ1v) is 5.54. The van der Waals surface area contributed by atoms with Gasteiger partial charge in [-0.25, -0.2) is 9.78 Å². The molecule has 0 fully saturated rings. The minimum Gasteiger partial charge on any atom is -0.477 e. The molecule has 1 N–H and O–H groups in total. The number of aromatic nitrogens is 3. The molecule has 0 aliphatic rings. The number of pyridine rings is 1. The normalized spacial score (nSPS) is 10.2. The number of carbonyl (C=O) groups is 1. The van der Waals surface area contributed by atoms with Crippen molar-refractivity contribution in [1.29, 1.82) is 0 Å². The molecular weight excluding hydrogens is 226 g/mol. The molecule has 0 aromatic carbocycles. The maximum Gasteiger partial charge on any atom is 0.354 e. The number of carboxylic acids is 1. The van der Waals surface area contributed by atoms with Crippen LogP contribution in [0.25, 0.3) is 0 Å². The molecule has 82 valence electrons. The van der Waals surface area contributed by atoms with Gasteiger partial charge in [-0.3, -0.25) is 4.68 Å². The fraction of sp³-hybridized carbons (Fsp3) is 0.100. The summed E-state index contributed by atoms with van der Waals surface area (Å²) in [6.45, 7) is 0. The second kappa shape index (κ2) is 4.80. The van der Waals surface area contributed by atoms with E-state index in [1.807, 2.05) is 12.3 Å². The number of nitrogens with zero attached hydrogens (tertiary/aromatic N) is 3. The Hall–Kier alpha value is -1.82. The van der Waals surface area contributed by atoms with Crippen molar-refractivity contribution in [2.75, 3.05) is 0 Å². The first kappa shape index (κ1) is 10.7. The van der Waals surface area contributed by atoms with Crippen LogP contribution in [0.1, 0.15) is 10.5 Å². The Morgan fingerprint density at radius 1 is 1.50 bits per heavy atom. The van der Waals surface area contributed by atoms with Crippen molar-refractivity contribution < 1.29 is 9.90 Å². The van der Waals surface area contributed by atoms with E-state index in [2.05, 4.69) is 10.1 Å². The van der Waals surface area contributed by atoms with E-state index in [0.717, 1.165) is 4.90 Å². The summed E-state index contributed by atoms with van der Waals surface area (Å²) < 4.78 is 1.77. The largest absolute Gasteiger partial charge is 0.477 e. The fourth-order valence-corrected chi connectivity index (χ4v) is 1.92. The second-order valence-corrected chi connectivity index (χ2v) is 4.02. The van der Waals surface area contributed by atoms with Crippen LogP contribution in [-0.4, -0.2) is 25.8 Å². The summed E-state index contributed by atoms with van der Waals surface area (Å²) in [5.74, 6) is -0.364. The highest BCUT2D eigenvalue weighted by molar-refractivity contribution is 7.98. The van der Waals surface area contributed by atoms with E-state index in [0.29, 0.717) is 5.88 Å². The lowest BCUT2D eigenvalue weighted by Crippen LogP contribution is -2.00. The van der Waals surface area contributed by atoms with Crippen LogP contribution < -0.4 is 0 Å². The maximum atomic E-state index is 10.7. The monoisotopic (exact) mass is 235 g/mol. The molecule has 2 aromatic rings. The molecule has 16 heavy (non-hydrogen) atoms. The van der Waals surface area contributed by atoms with E-state index in [4.69, 9.17) is 5.11 Å². The second-order valence-electron chi connectivity index (χ2n) is 3.00. The number of thioether (sulfide) groups is 1. The minimum absolute atomic E-state index is 0.0606. The average molecular weight is 235 g/mol. The number of carboxylic acid groups (broad SMARTS) is 1. The molecule has 0 saturated heterocycles. The molecule has 0 atom stereocenters. The molecule has 0 unspecified atom stereocenters. The molecule has 0 spiro atoms. The van der Waals surface area contributed by atoms with Gasteiger partial charge in [0.25, 0.3) is 0 Å². The summed E-state index contributed by atoms with van der Waals surface area (Å²) in [7, 11) is 0. The molecule has 0 saturated carbocycles. The summed E-state index contributed by atoms with van der Waals surface area (Å²) in [5.41, 5.74) is 0.0606. The Kier molecular flexibility index (Phi) is 3.21. The minimum atomic E-state index is -1.01. The highest BCUT2D eigenvalue weighted by Crippen LogP contribution is 2.19. The molecule has 2 heterocycles. The Morgan fingerprint density at radius 2 is 2.38 bits per heavy atom. The Balaban J connectivity index is 2.04. The van der Waals surface area contributed by atoms with E-state index in [-0.39, 0.29) is 5.69 Å². The van der Waals surface area contributed by atoms with Crippen molar-refractivity contribution in [2.45, 2.75) is 10.8 Å². The van der Waals surface area contributed by atoms with Crippen LogP contribution in [0.15, 0.2) is 41.7 Å². The predicted molar refractivity (Wildman–Crippen MR) is 59.3 cm³/mol. The smallest absolute Gasteiger partial charge is 0.354 e. The van der Waals surface area contributed by atoms with E-state index in [9.17, 15) is 4.79 Å². The highest BCUT2D eigenvalue weighted by atomic mass is 32.2. The van der Waals surface area contributed by atoms with Gasteiger partial charge in [0.15, 0.2) is 0 Å². The van der Waals surface area contributed by atoms with Gasteiger partial charge in [-0.1, -0.05) is 0 Å². The van der Waals surface area contributed by atoms with Gasteiger partial charge in [0, 0.05) is 23.5 Å². The van der Waals surface area contributed by atoms with Crippen molar-refractivity contribution in [2.24, 2.45) is 0 Å². The zero-order valence-electron chi connectivity index (χ0n) is 8.28. The average Bonchev–Trinajstić information content (AvgIpc) is 2.79. The van der Waals surface area contributed by atoms with Gasteiger partial charge in [-0.2, -0.15) is 5.10 Å². The molecule has 0 radical (unpaired) electrons. The molecule has 2 aromatic heterocycles. The highest BCUT2D eigenvalue weighted by Gasteiger charge is 2.05. The van der Waals surface area contributed by atoms with Gasteiger partial charge in [0.2, 0.25) is 0 Å². The van der Waals surface area contributed by atoms with Crippen molar-refractivity contribution >= 4 is 17.7 Å². The van der Waals surface area contributed by atoms with Gasteiger partial charge < -0.3 is 5.11 Å². The maximum absolute atomic E-state index is 10.7. The zero-order valence-corrected chi connectivity index (χ0v) is 9.09. The summed E-state index contributed by atoms with van der Waals surface area (Å²) in [6, 6.07) is 5.17. The first-order valence-electron chi connectivity index (χ1n) is 4.55. The Bertz CT molecular complexity index is 485. The van der Waals surface area contributed by atoms with Gasteiger partial charge >= 0.3 is 5.97 Å². The van der Waals surface area contributed by atoms with Crippen molar-refractivity contribution in [3.05, 3.63) is 42.5 Å². The van der Waals surface area contributed by atoms with Crippen LogP contribution in [0.2, 0.25) is 0 Å². The molecule has 0 amide bonds. The van der Waals surface area contributed by atoms with Crippen LogP contribution in [0, 0.1) is 0 Å². The zero-order chi connectivity index (χ0) is 11.4. The summed E-state index contributed by atoms with van der Waals surface area (Å²) in [4.78, 5) is 15.3. The van der Waals surface area contributed by atoms with Gasteiger partial charge in [-0.15, -0.1) is 11.8 Å². The van der Waals surface area contributed by atoms with Crippen LogP contribution in [0.3, 0.4) is 0 Å². The van der Waals surface area contributed by atoms with Crippen molar-refractivity contribution in [1.82, 2.24) is 14.8 Å². The lowest BCUT2D eigenvalue weighted by molar-refractivity contribution is 0.0690. The topological polar surface area (TPSA) is 68.0 Å². The molecule has 0 bridgehead atoms. The lowest BCUT2D eigenvalue weighted by Gasteiger charge is -2.02. The number of hydrogen-bond donors (Lipinski definition) is 1. The lowest BCUT2D eigenvalue weighted by atomic mass is 10.4. The predicted octanol–water partition coefficient (Wildman–Crippen LogP) is 1.73. The van der Waals surface area contributed by atoms with Crippen molar-refractivity contribution in [3.63, 3.8) is 0 Å². The van der Waals surface area contributed by atoms with Crippen molar-refractivity contribution in [3.8, 4) is 0 Å². The van der Waals surface area contributed by atoms with Gasteiger partial charge in [0.05, 0.1) is 5.88 Å². The van der Waals surface area contributed by atoms with Crippen LogP contribution in [0.4, 0.5) is 0 Å². The summed E-state index contributed by atoms with van der Waals surface area (Å²) in [5, 5.41) is 12.8. The van der Waals surface area contributed by atoms with Gasteiger partial charge in [0.1, 0.15) is 5.69 Å². The molecule has 0 aliphatic heterocycles. The fourth-order valence-electron chi connectivity index (χ4n) is 1.14. The Morgan fingerprint density at radius 3 is 3.06 bits per heavy atom. The summed E-state index contributed by atoms with van der Waals surface area (Å²) >= 11 is 1.51. The number of rotatable bonds is 4. The van der Waals surface area contributed by atoms with Crippen LogP contribution in [0.5, 0.6) is 0 Å². The Labute approximate surface area is 96.1 Å². The molecule has 5 nitrogen and oxygen atoms in total. The first-order chi connectivity index (χ1) is 7.75. The molecule has 0 aliphatic carbocycles. The van der Waals surface area contributed by atoms with E-state index in [1.54, 1.807) is 23.0 Å². The summed E-state index contributed by atoms with van der Waals surface area (Å²) in [6.07, 6.45) is 5.05. The quantitative estimate of drug-likeness (QED) is 0.817. The SMILES string of the molecule is O=C(O)c1cc(SCn2cccn2)ccn1.